The number of hydrogen-bond acceptors (Lipinski definition) is 1. The Morgan fingerprint density at radius 3 is 2.32 bits per heavy atom. The first kappa shape index (κ1) is 16.2. The van der Waals surface area contributed by atoms with Crippen molar-refractivity contribution in [2.45, 2.75) is 46.5 Å². The summed E-state index contributed by atoms with van der Waals surface area (Å²) in [5, 5.41) is 3.42. The van der Waals surface area contributed by atoms with Gasteiger partial charge in [0, 0.05) is 0 Å². The monoisotopic (exact) mass is 265 g/mol. The third kappa shape index (κ3) is 5.73. The molecule has 0 aliphatic carbocycles. The molecule has 1 unspecified atom stereocenters. The Balaban J connectivity index is 2.65. The smallest absolute Gasteiger partial charge is 0.126 e. The van der Waals surface area contributed by atoms with Gasteiger partial charge in [-0.1, -0.05) is 51.8 Å². The lowest BCUT2D eigenvalue weighted by Crippen LogP contribution is -2.26. The maximum Gasteiger partial charge on any atom is 0.126 e. The first-order chi connectivity index (χ1) is 9.21. The van der Waals surface area contributed by atoms with Gasteiger partial charge >= 0.3 is 0 Å². The van der Waals surface area contributed by atoms with E-state index in [1.54, 1.807) is 12.1 Å². The van der Waals surface area contributed by atoms with Gasteiger partial charge in [-0.05, 0) is 49.4 Å². The van der Waals surface area contributed by atoms with E-state index in [0.29, 0.717) is 5.92 Å². The fourth-order valence-corrected chi connectivity index (χ4v) is 2.66. The largest absolute Gasteiger partial charge is 0.317 e. The van der Waals surface area contributed by atoms with Crippen molar-refractivity contribution in [3.63, 3.8) is 0 Å². The van der Waals surface area contributed by atoms with E-state index in [-0.39, 0.29) is 5.82 Å². The van der Waals surface area contributed by atoms with Gasteiger partial charge in [0.05, 0.1) is 0 Å². The molecule has 1 aromatic carbocycles. The fraction of sp³-hybridized carbons (Fsp3) is 0.647. The van der Waals surface area contributed by atoms with Gasteiger partial charge in [0.25, 0.3) is 0 Å². The van der Waals surface area contributed by atoms with Gasteiger partial charge in [0.2, 0.25) is 0 Å². The molecule has 2 heteroatoms. The molecule has 0 amide bonds. The highest BCUT2D eigenvalue weighted by atomic mass is 19.1. The molecule has 1 nitrogen and oxygen atoms in total. The molecule has 1 N–H and O–H groups in total. The lowest BCUT2D eigenvalue weighted by molar-refractivity contribution is 0.337. The average Bonchev–Trinajstić information content (AvgIpc) is 2.44. The van der Waals surface area contributed by atoms with E-state index >= 15 is 0 Å². The summed E-state index contributed by atoms with van der Waals surface area (Å²) < 4.78 is 13.8. The van der Waals surface area contributed by atoms with Crippen LogP contribution in [-0.2, 0) is 6.42 Å². The van der Waals surface area contributed by atoms with Crippen molar-refractivity contribution >= 4 is 0 Å². The van der Waals surface area contributed by atoms with Crippen LogP contribution in [0.2, 0.25) is 0 Å². The summed E-state index contributed by atoms with van der Waals surface area (Å²) in [6.45, 7) is 8.60. The normalized spacial score (nSPS) is 12.9. The Hall–Kier alpha value is -0.890. The van der Waals surface area contributed by atoms with E-state index in [0.717, 1.165) is 31.0 Å². The Morgan fingerprint density at radius 2 is 1.74 bits per heavy atom. The zero-order valence-electron chi connectivity index (χ0n) is 12.6. The third-order valence-corrected chi connectivity index (χ3v) is 3.97. The summed E-state index contributed by atoms with van der Waals surface area (Å²) in [6, 6.07) is 7.18. The highest BCUT2D eigenvalue weighted by molar-refractivity contribution is 5.17. The average molecular weight is 265 g/mol. The number of hydrogen-bond donors (Lipinski definition) is 1. The molecular weight excluding hydrogens is 237 g/mol. The minimum absolute atomic E-state index is 0.0615. The van der Waals surface area contributed by atoms with Crippen LogP contribution in [0, 0.1) is 17.7 Å². The summed E-state index contributed by atoms with van der Waals surface area (Å²) in [7, 11) is 0. The molecule has 0 fully saturated rings. The molecule has 0 radical (unpaired) electrons. The van der Waals surface area contributed by atoms with Crippen molar-refractivity contribution in [3.05, 3.63) is 35.6 Å². The zero-order chi connectivity index (χ0) is 14.1. The second kappa shape index (κ2) is 9.08. The molecule has 0 aromatic heterocycles. The van der Waals surface area contributed by atoms with E-state index in [9.17, 15) is 4.39 Å². The third-order valence-electron chi connectivity index (χ3n) is 3.97. The molecule has 108 valence electrons. The SMILES string of the molecule is CCNCC(Cc1ccccc1F)CC(CC)CC. The fourth-order valence-electron chi connectivity index (χ4n) is 2.66. The number of rotatable bonds is 9. The Kier molecular flexibility index (Phi) is 7.73. The predicted octanol–water partition coefficient (Wildman–Crippen LogP) is 4.42. The van der Waals surface area contributed by atoms with Crippen LogP contribution in [-0.4, -0.2) is 13.1 Å². The Bertz CT molecular complexity index is 347. The van der Waals surface area contributed by atoms with Crippen LogP contribution in [0.25, 0.3) is 0 Å². The molecule has 19 heavy (non-hydrogen) atoms. The molecular formula is C17H28FN. The molecule has 0 aliphatic rings. The topological polar surface area (TPSA) is 12.0 Å². The van der Waals surface area contributed by atoms with Gasteiger partial charge in [0.15, 0.2) is 0 Å². The highest BCUT2D eigenvalue weighted by Gasteiger charge is 2.16. The second-order valence-corrected chi connectivity index (χ2v) is 5.39. The van der Waals surface area contributed by atoms with Crippen molar-refractivity contribution in [1.82, 2.24) is 5.32 Å². The van der Waals surface area contributed by atoms with Gasteiger partial charge < -0.3 is 5.32 Å². The van der Waals surface area contributed by atoms with Crippen LogP contribution in [0.4, 0.5) is 4.39 Å². The predicted molar refractivity (Wildman–Crippen MR) is 80.8 cm³/mol. The van der Waals surface area contributed by atoms with Crippen LogP contribution in [0.15, 0.2) is 24.3 Å². The summed E-state index contributed by atoms with van der Waals surface area (Å²) in [5.41, 5.74) is 0.858. The number of nitrogens with one attached hydrogen (secondary N) is 1. The minimum Gasteiger partial charge on any atom is -0.317 e. The quantitative estimate of drug-likeness (QED) is 0.697. The Morgan fingerprint density at radius 1 is 1.05 bits per heavy atom. The van der Waals surface area contributed by atoms with E-state index < -0.39 is 0 Å². The number of halogens is 1. The van der Waals surface area contributed by atoms with Gasteiger partial charge in [-0.3, -0.25) is 0 Å². The maximum atomic E-state index is 13.8. The van der Waals surface area contributed by atoms with Crippen LogP contribution in [0.1, 0.15) is 45.6 Å². The summed E-state index contributed by atoms with van der Waals surface area (Å²) in [5.74, 6) is 1.23. The molecule has 0 aliphatic heterocycles. The summed E-state index contributed by atoms with van der Waals surface area (Å²) >= 11 is 0. The molecule has 0 saturated carbocycles. The zero-order valence-corrected chi connectivity index (χ0v) is 12.6. The van der Waals surface area contributed by atoms with Crippen LogP contribution in [0.3, 0.4) is 0 Å². The second-order valence-electron chi connectivity index (χ2n) is 5.39. The van der Waals surface area contributed by atoms with Crippen molar-refractivity contribution in [3.8, 4) is 0 Å². The van der Waals surface area contributed by atoms with Gasteiger partial charge in [-0.15, -0.1) is 0 Å². The van der Waals surface area contributed by atoms with E-state index in [1.165, 1.54) is 19.3 Å². The first-order valence-electron chi connectivity index (χ1n) is 7.65. The van der Waals surface area contributed by atoms with Gasteiger partial charge in [-0.25, -0.2) is 4.39 Å². The van der Waals surface area contributed by atoms with E-state index in [2.05, 4.69) is 26.1 Å². The number of benzene rings is 1. The molecule has 0 heterocycles. The molecule has 0 saturated heterocycles. The van der Waals surface area contributed by atoms with E-state index in [1.807, 2.05) is 12.1 Å². The summed E-state index contributed by atoms with van der Waals surface area (Å²) in [6.07, 6.45) is 4.47. The lowest BCUT2D eigenvalue weighted by atomic mass is 9.86. The van der Waals surface area contributed by atoms with Gasteiger partial charge in [-0.2, -0.15) is 0 Å². The molecule has 1 rings (SSSR count). The summed E-state index contributed by atoms with van der Waals surface area (Å²) in [4.78, 5) is 0. The van der Waals surface area contributed by atoms with Crippen molar-refractivity contribution in [2.75, 3.05) is 13.1 Å². The lowest BCUT2D eigenvalue weighted by Gasteiger charge is -2.22. The Labute approximate surface area is 117 Å². The highest BCUT2D eigenvalue weighted by Crippen LogP contribution is 2.23. The molecule has 0 spiro atoms. The maximum absolute atomic E-state index is 13.8. The van der Waals surface area contributed by atoms with Crippen LogP contribution < -0.4 is 5.32 Å². The standard InChI is InChI=1S/C17H28FN/c1-4-14(5-2)11-15(13-19-6-3)12-16-9-7-8-10-17(16)18/h7-10,14-15,19H,4-6,11-13H2,1-3H3. The van der Waals surface area contributed by atoms with E-state index in [4.69, 9.17) is 0 Å². The van der Waals surface area contributed by atoms with Gasteiger partial charge in [0.1, 0.15) is 5.82 Å². The molecule has 1 atom stereocenters. The van der Waals surface area contributed by atoms with Crippen molar-refractivity contribution in [1.29, 1.82) is 0 Å². The first-order valence-corrected chi connectivity index (χ1v) is 7.65. The van der Waals surface area contributed by atoms with Crippen molar-refractivity contribution < 1.29 is 4.39 Å². The van der Waals surface area contributed by atoms with Crippen LogP contribution >= 0.6 is 0 Å². The van der Waals surface area contributed by atoms with Crippen LogP contribution in [0.5, 0.6) is 0 Å². The molecule has 0 bridgehead atoms. The molecule has 1 aromatic rings. The minimum atomic E-state index is -0.0615. The van der Waals surface area contributed by atoms with Crippen molar-refractivity contribution in [2.24, 2.45) is 11.8 Å².